The van der Waals surface area contributed by atoms with Gasteiger partial charge in [0.15, 0.2) is 0 Å². The van der Waals surface area contributed by atoms with Crippen molar-refractivity contribution in [1.29, 1.82) is 0 Å². The van der Waals surface area contributed by atoms with E-state index >= 15 is 0 Å². The van der Waals surface area contributed by atoms with Gasteiger partial charge in [0.2, 0.25) is 0 Å². The standard InChI is InChI=1S/C17H36/c1-12-17(11,15(7,8)13(2)3)16(9,10)14(4,5)6/h13H,12H2,1-11H3. The molecule has 0 aromatic rings. The van der Waals surface area contributed by atoms with E-state index in [2.05, 4.69) is 76.2 Å². The third-order valence-corrected chi connectivity index (χ3v) is 6.83. The van der Waals surface area contributed by atoms with Crippen molar-refractivity contribution in [2.75, 3.05) is 0 Å². The van der Waals surface area contributed by atoms with E-state index in [0.29, 0.717) is 27.6 Å². The molecular weight excluding hydrogens is 204 g/mol. The van der Waals surface area contributed by atoms with Crippen LogP contribution in [0.4, 0.5) is 0 Å². The predicted molar refractivity (Wildman–Crippen MR) is 80.3 cm³/mol. The monoisotopic (exact) mass is 240 g/mol. The molecular formula is C17H36. The molecule has 0 aliphatic rings. The van der Waals surface area contributed by atoms with Gasteiger partial charge in [0.25, 0.3) is 0 Å². The fraction of sp³-hybridized carbons (Fsp3) is 1.00. The van der Waals surface area contributed by atoms with Gasteiger partial charge in [-0.25, -0.2) is 0 Å². The highest BCUT2D eigenvalue weighted by Crippen LogP contribution is 2.62. The SMILES string of the molecule is CCC(C)(C(C)(C)C(C)C)C(C)(C)C(C)(C)C. The maximum Gasteiger partial charge on any atom is -0.0219 e. The Labute approximate surface area is 111 Å². The van der Waals surface area contributed by atoms with E-state index in [1.807, 2.05) is 0 Å². The summed E-state index contributed by atoms with van der Waals surface area (Å²) in [6, 6.07) is 0. The first kappa shape index (κ1) is 17.0. The van der Waals surface area contributed by atoms with Crippen LogP contribution in [0.25, 0.3) is 0 Å². The molecule has 0 aliphatic heterocycles. The fourth-order valence-electron chi connectivity index (χ4n) is 3.17. The lowest BCUT2D eigenvalue weighted by molar-refractivity contribution is -0.121. The van der Waals surface area contributed by atoms with Crippen LogP contribution < -0.4 is 0 Å². The van der Waals surface area contributed by atoms with Gasteiger partial charge in [-0.2, -0.15) is 0 Å². The second kappa shape index (κ2) is 4.59. The molecule has 17 heavy (non-hydrogen) atoms. The van der Waals surface area contributed by atoms with E-state index in [1.165, 1.54) is 6.42 Å². The molecule has 0 heterocycles. The van der Waals surface area contributed by atoms with Crippen LogP contribution in [0.3, 0.4) is 0 Å². The molecule has 0 saturated heterocycles. The molecule has 0 radical (unpaired) electrons. The van der Waals surface area contributed by atoms with Crippen LogP contribution in [-0.4, -0.2) is 0 Å². The summed E-state index contributed by atoms with van der Waals surface area (Å²) in [5.74, 6) is 0.703. The molecule has 0 amide bonds. The number of rotatable bonds is 4. The fourth-order valence-corrected chi connectivity index (χ4v) is 3.17. The summed E-state index contributed by atoms with van der Waals surface area (Å²) >= 11 is 0. The van der Waals surface area contributed by atoms with Crippen LogP contribution in [0, 0.1) is 27.6 Å². The van der Waals surface area contributed by atoms with Crippen LogP contribution in [0.1, 0.15) is 82.6 Å². The second-order valence-electron chi connectivity index (χ2n) is 8.44. The maximum absolute atomic E-state index is 2.50. The Kier molecular flexibility index (Phi) is 4.59. The summed E-state index contributed by atoms with van der Waals surface area (Å²) in [7, 11) is 0. The molecule has 0 saturated carbocycles. The van der Waals surface area contributed by atoms with Crippen molar-refractivity contribution in [2.45, 2.75) is 82.6 Å². The summed E-state index contributed by atoms with van der Waals surface area (Å²) in [6.45, 7) is 26.6. The summed E-state index contributed by atoms with van der Waals surface area (Å²) in [6.07, 6.45) is 1.24. The first-order valence-electron chi connectivity index (χ1n) is 7.25. The predicted octanol–water partition coefficient (Wildman–Crippen LogP) is 6.16. The van der Waals surface area contributed by atoms with Crippen LogP contribution in [-0.2, 0) is 0 Å². The molecule has 0 aliphatic carbocycles. The molecule has 0 bridgehead atoms. The highest BCUT2D eigenvalue weighted by Gasteiger charge is 2.55. The molecule has 0 N–H and O–H groups in total. The van der Waals surface area contributed by atoms with Gasteiger partial charge in [-0.3, -0.25) is 0 Å². The van der Waals surface area contributed by atoms with Crippen LogP contribution >= 0.6 is 0 Å². The molecule has 0 heteroatoms. The molecule has 0 aromatic heterocycles. The summed E-state index contributed by atoms with van der Waals surface area (Å²) in [5.41, 5.74) is 1.32. The van der Waals surface area contributed by atoms with Crippen LogP contribution in [0.2, 0.25) is 0 Å². The minimum absolute atomic E-state index is 0.308. The second-order valence-corrected chi connectivity index (χ2v) is 8.44. The van der Waals surface area contributed by atoms with Crippen molar-refractivity contribution in [3.63, 3.8) is 0 Å². The number of hydrogen-bond donors (Lipinski definition) is 0. The van der Waals surface area contributed by atoms with Crippen LogP contribution in [0.15, 0.2) is 0 Å². The molecule has 0 aromatic carbocycles. The Hall–Kier alpha value is 0. The quantitative estimate of drug-likeness (QED) is 0.552. The van der Waals surface area contributed by atoms with Crippen molar-refractivity contribution in [3.05, 3.63) is 0 Å². The average Bonchev–Trinajstić information content (AvgIpc) is 2.13. The molecule has 0 fully saturated rings. The Morgan fingerprint density at radius 3 is 1.29 bits per heavy atom. The van der Waals surface area contributed by atoms with E-state index in [-0.39, 0.29) is 0 Å². The highest BCUT2D eigenvalue weighted by atomic mass is 14.6. The number of hydrogen-bond acceptors (Lipinski definition) is 0. The van der Waals surface area contributed by atoms with E-state index in [9.17, 15) is 0 Å². The minimum atomic E-state index is 0.308. The van der Waals surface area contributed by atoms with Crippen molar-refractivity contribution in [1.82, 2.24) is 0 Å². The van der Waals surface area contributed by atoms with Gasteiger partial charge in [0, 0.05) is 0 Å². The first-order valence-corrected chi connectivity index (χ1v) is 7.25. The minimum Gasteiger partial charge on any atom is -0.0648 e. The lowest BCUT2D eigenvalue weighted by atomic mass is 9.44. The first-order chi connectivity index (χ1) is 7.25. The summed E-state index contributed by atoms with van der Waals surface area (Å²) in [4.78, 5) is 0. The van der Waals surface area contributed by atoms with Crippen molar-refractivity contribution in [3.8, 4) is 0 Å². The lowest BCUT2D eigenvalue weighted by Gasteiger charge is -2.61. The Balaban J connectivity index is 5.75. The van der Waals surface area contributed by atoms with Gasteiger partial charge in [0.1, 0.15) is 0 Å². The molecule has 0 nitrogen and oxygen atoms in total. The van der Waals surface area contributed by atoms with Gasteiger partial charge in [-0.05, 0) is 34.0 Å². The maximum atomic E-state index is 2.50. The molecule has 1 atom stereocenters. The highest BCUT2D eigenvalue weighted by molar-refractivity contribution is 5.03. The molecule has 0 spiro atoms. The zero-order chi connectivity index (χ0) is 14.3. The summed E-state index contributed by atoms with van der Waals surface area (Å²) in [5, 5.41) is 0. The molecule has 1 unspecified atom stereocenters. The van der Waals surface area contributed by atoms with Gasteiger partial charge in [0.05, 0.1) is 0 Å². The summed E-state index contributed by atoms with van der Waals surface area (Å²) < 4.78 is 0. The van der Waals surface area contributed by atoms with E-state index in [4.69, 9.17) is 0 Å². The Morgan fingerprint density at radius 2 is 1.12 bits per heavy atom. The Bertz CT molecular complexity index is 250. The molecule has 104 valence electrons. The van der Waals surface area contributed by atoms with E-state index < -0.39 is 0 Å². The largest absolute Gasteiger partial charge is 0.0648 e. The molecule has 0 rings (SSSR count). The third-order valence-electron chi connectivity index (χ3n) is 6.83. The van der Waals surface area contributed by atoms with Gasteiger partial charge < -0.3 is 0 Å². The zero-order valence-corrected chi connectivity index (χ0v) is 14.3. The van der Waals surface area contributed by atoms with E-state index in [0.717, 1.165) is 0 Å². The smallest absolute Gasteiger partial charge is 0.0219 e. The Morgan fingerprint density at radius 1 is 0.765 bits per heavy atom. The van der Waals surface area contributed by atoms with Gasteiger partial charge in [-0.1, -0.05) is 76.2 Å². The zero-order valence-electron chi connectivity index (χ0n) is 14.3. The topological polar surface area (TPSA) is 0 Å². The van der Waals surface area contributed by atoms with E-state index in [1.54, 1.807) is 0 Å². The van der Waals surface area contributed by atoms with Crippen molar-refractivity contribution in [2.24, 2.45) is 27.6 Å². The normalized spacial score (nSPS) is 18.4. The van der Waals surface area contributed by atoms with Gasteiger partial charge >= 0.3 is 0 Å². The lowest BCUT2D eigenvalue weighted by Crippen LogP contribution is -2.54. The van der Waals surface area contributed by atoms with Crippen molar-refractivity contribution >= 4 is 0 Å². The van der Waals surface area contributed by atoms with Gasteiger partial charge in [-0.15, -0.1) is 0 Å². The average molecular weight is 240 g/mol. The third kappa shape index (κ3) is 2.42. The van der Waals surface area contributed by atoms with Crippen LogP contribution in [0.5, 0.6) is 0 Å². The van der Waals surface area contributed by atoms with Crippen molar-refractivity contribution < 1.29 is 0 Å².